The topological polar surface area (TPSA) is 32.3 Å². The number of amides is 1. The Morgan fingerprint density at radius 1 is 1.32 bits per heavy atom. The summed E-state index contributed by atoms with van der Waals surface area (Å²) < 4.78 is 0. The monoisotopic (exact) mass is 266 g/mol. The van der Waals surface area contributed by atoms with Crippen LogP contribution in [0.4, 0.5) is 0 Å². The highest BCUT2D eigenvalue weighted by Crippen LogP contribution is 2.32. The SMILES string of the molecule is C=CCN(C(=O)CC1(NC)CCCCC1)C(C)(C)C. The average Bonchev–Trinajstić information content (AvgIpc) is 2.35. The molecule has 0 atom stereocenters. The summed E-state index contributed by atoms with van der Waals surface area (Å²) in [6.45, 7) is 10.7. The number of carbonyl (C=O) groups is 1. The van der Waals surface area contributed by atoms with Crippen LogP contribution < -0.4 is 5.32 Å². The molecule has 1 rings (SSSR count). The van der Waals surface area contributed by atoms with Gasteiger partial charge >= 0.3 is 0 Å². The van der Waals surface area contributed by atoms with Crippen LogP contribution in [0.1, 0.15) is 59.3 Å². The fraction of sp³-hybridized carbons (Fsp3) is 0.812. The summed E-state index contributed by atoms with van der Waals surface area (Å²) in [5, 5.41) is 3.42. The molecule has 0 aliphatic heterocycles. The van der Waals surface area contributed by atoms with Crippen LogP contribution in [0.2, 0.25) is 0 Å². The molecule has 1 amide bonds. The molecule has 0 aromatic heterocycles. The van der Waals surface area contributed by atoms with E-state index in [4.69, 9.17) is 0 Å². The number of rotatable bonds is 5. The molecule has 1 aliphatic carbocycles. The molecule has 19 heavy (non-hydrogen) atoms. The van der Waals surface area contributed by atoms with E-state index in [1.165, 1.54) is 19.3 Å². The molecular formula is C16H30N2O. The molecule has 3 heteroatoms. The van der Waals surface area contributed by atoms with Crippen molar-refractivity contribution in [3.63, 3.8) is 0 Å². The van der Waals surface area contributed by atoms with Gasteiger partial charge in [-0.05, 0) is 40.7 Å². The van der Waals surface area contributed by atoms with Gasteiger partial charge in [-0.1, -0.05) is 25.3 Å². The van der Waals surface area contributed by atoms with Crippen LogP contribution >= 0.6 is 0 Å². The average molecular weight is 266 g/mol. The van der Waals surface area contributed by atoms with E-state index >= 15 is 0 Å². The molecule has 0 saturated heterocycles. The van der Waals surface area contributed by atoms with Crippen molar-refractivity contribution in [2.45, 2.75) is 70.4 Å². The minimum Gasteiger partial charge on any atom is -0.334 e. The molecule has 1 fully saturated rings. The van der Waals surface area contributed by atoms with Crippen LogP contribution in [0.3, 0.4) is 0 Å². The van der Waals surface area contributed by atoms with Crippen molar-refractivity contribution in [1.29, 1.82) is 0 Å². The lowest BCUT2D eigenvalue weighted by Crippen LogP contribution is -2.52. The van der Waals surface area contributed by atoms with Crippen molar-refractivity contribution in [2.24, 2.45) is 0 Å². The molecule has 1 saturated carbocycles. The zero-order chi connectivity index (χ0) is 14.5. The molecule has 0 heterocycles. The maximum atomic E-state index is 12.7. The lowest BCUT2D eigenvalue weighted by molar-refractivity contribution is -0.137. The fourth-order valence-corrected chi connectivity index (χ4v) is 3.01. The van der Waals surface area contributed by atoms with E-state index in [1.807, 2.05) is 18.0 Å². The van der Waals surface area contributed by atoms with Crippen molar-refractivity contribution in [2.75, 3.05) is 13.6 Å². The Hall–Kier alpha value is -0.830. The Bertz CT molecular complexity index is 311. The van der Waals surface area contributed by atoms with Gasteiger partial charge in [0.2, 0.25) is 5.91 Å². The highest BCUT2D eigenvalue weighted by Gasteiger charge is 2.36. The summed E-state index contributed by atoms with van der Waals surface area (Å²) in [6, 6.07) is 0. The van der Waals surface area contributed by atoms with Crippen LogP contribution in [-0.4, -0.2) is 35.5 Å². The molecule has 110 valence electrons. The predicted molar refractivity (Wildman–Crippen MR) is 81.2 cm³/mol. The first-order valence-corrected chi connectivity index (χ1v) is 7.45. The van der Waals surface area contributed by atoms with Crippen molar-refractivity contribution < 1.29 is 4.79 Å². The van der Waals surface area contributed by atoms with Gasteiger partial charge in [-0.15, -0.1) is 6.58 Å². The first-order valence-electron chi connectivity index (χ1n) is 7.45. The summed E-state index contributed by atoms with van der Waals surface area (Å²) in [4.78, 5) is 14.6. The van der Waals surface area contributed by atoms with Gasteiger partial charge in [0, 0.05) is 24.0 Å². The fourth-order valence-electron chi connectivity index (χ4n) is 3.01. The quantitative estimate of drug-likeness (QED) is 0.775. The first kappa shape index (κ1) is 16.2. The van der Waals surface area contributed by atoms with Gasteiger partial charge in [-0.2, -0.15) is 0 Å². The maximum absolute atomic E-state index is 12.7. The summed E-state index contributed by atoms with van der Waals surface area (Å²) in [5.74, 6) is 0.239. The van der Waals surface area contributed by atoms with Gasteiger partial charge in [0.05, 0.1) is 0 Å². The minimum absolute atomic E-state index is 0.0139. The second kappa shape index (κ2) is 6.56. The molecule has 3 nitrogen and oxygen atoms in total. The molecule has 0 aromatic rings. The molecule has 0 bridgehead atoms. The molecule has 1 N–H and O–H groups in total. The van der Waals surface area contributed by atoms with Gasteiger partial charge in [0.1, 0.15) is 0 Å². The third kappa shape index (κ3) is 4.34. The van der Waals surface area contributed by atoms with Crippen LogP contribution in [0.15, 0.2) is 12.7 Å². The largest absolute Gasteiger partial charge is 0.334 e. The smallest absolute Gasteiger partial charge is 0.225 e. The van der Waals surface area contributed by atoms with Crippen LogP contribution in [0.25, 0.3) is 0 Å². The Morgan fingerprint density at radius 2 is 1.89 bits per heavy atom. The minimum atomic E-state index is -0.144. The van der Waals surface area contributed by atoms with Gasteiger partial charge in [-0.25, -0.2) is 0 Å². The van der Waals surface area contributed by atoms with Crippen LogP contribution in [-0.2, 0) is 4.79 Å². The molecule has 0 radical (unpaired) electrons. The van der Waals surface area contributed by atoms with Crippen molar-refractivity contribution in [3.05, 3.63) is 12.7 Å². The third-order valence-corrected chi connectivity index (χ3v) is 4.25. The summed E-state index contributed by atoms with van der Waals surface area (Å²) in [6.07, 6.45) is 8.40. The van der Waals surface area contributed by atoms with E-state index < -0.39 is 0 Å². The molecular weight excluding hydrogens is 236 g/mol. The Morgan fingerprint density at radius 3 is 2.32 bits per heavy atom. The maximum Gasteiger partial charge on any atom is 0.225 e. The van der Waals surface area contributed by atoms with Crippen LogP contribution in [0.5, 0.6) is 0 Å². The summed E-state index contributed by atoms with van der Waals surface area (Å²) in [5.41, 5.74) is -0.130. The Labute approximate surface area is 118 Å². The standard InChI is InChI=1S/C16H30N2O/c1-6-12-18(15(2,3)4)14(19)13-16(17-5)10-8-7-9-11-16/h6,17H,1,7-13H2,2-5H3. The van der Waals surface area contributed by atoms with Gasteiger partial charge in [0.15, 0.2) is 0 Å². The van der Waals surface area contributed by atoms with E-state index in [0.717, 1.165) is 12.8 Å². The van der Waals surface area contributed by atoms with E-state index in [2.05, 4.69) is 32.7 Å². The van der Waals surface area contributed by atoms with Gasteiger partial charge < -0.3 is 10.2 Å². The second-order valence-corrected chi connectivity index (χ2v) is 6.73. The van der Waals surface area contributed by atoms with Crippen molar-refractivity contribution >= 4 is 5.91 Å². The van der Waals surface area contributed by atoms with Crippen molar-refractivity contribution in [3.8, 4) is 0 Å². The van der Waals surface area contributed by atoms with E-state index in [0.29, 0.717) is 13.0 Å². The van der Waals surface area contributed by atoms with Gasteiger partial charge in [-0.3, -0.25) is 4.79 Å². The lowest BCUT2D eigenvalue weighted by atomic mass is 9.79. The molecule has 0 aromatic carbocycles. The highest BCUT2D eigenvalue weighted by atomic mass is 16.2. The normalized spacial score (nSPS) is 18.9. The van der Waals surface area contributed by atoms with E-state index in [1.54, 1.807) is 0 Å². The number of hydrogen-bond donors (Lipinski definition) is 1. The Kier molecular flexibility index (Phi) is 5.60. The second-order valence-electron chi connectivity index (χ2n) is 6.73. The summed E-state index contributed by atoms with van der Waals surface area (Å²) >= 11 is 0. The predicted octanol–water partition coefficient (Wildman–Crippen LogP) is 3.11. The first-order chi connectivity index (χ1) is 8.84. The van der Waals surface area contributed by atoms with E-state index in [9.17, 15) is 4.79 Å². The zero-order valence-electron chi connectivity index (χ0n) is 13.1. The molecule has 0 unspecified atom stereocenters. The molecule has 1 aliphatic rings. The highest BCUT2D eigenvalue weighted by molar-refractivity contribution is 5.78. The summed E-state index contributed by atoms with van der Waals surface area (Å²) in [7, 11) is 1.99. The zero-order valence-corrected chi connectivity index (χ0v) is 13.1. The number of nitrogens with zero attached hydrogens (tertiary/aromatic N) is 1. The third-order valence-electron chi connectivity index (χ3n) is 4.25. The van der Waals surface area contributed by atoms with Crippen LogP contribution in [0, 0.1) is 0 Å². The number of hydrogen-bond acceptors (Lipinski definition) is 2. The van der Waals surface area contributed by atoms with Crippen molar-refractivity contribution in [1.82, 2.24) is 10.2 Å². The Balaban J connectivity index is 2.77. The number of carbonyl (C=O) groups excluding carboxylic acids is 1. The van der Waals surface area contributed by atoms with E-state index in [-0.39, 0.29) is 17.0 Å². The number of nitrogens with one attached hydrogen (secondary N) is 1. The molecule has 0 spiro atoms. The van der Waals surface area contributed by atoms with Gasteiger partial charge in [0.25, 0.3) is 0 Å². The lowest BCUT2D eigenvalue weighted by Gasteiger charge is -2.41.